The maximum absolute atomic E-state index is 12.3. The van der Waals surface area contributed by atoms with Crippen molar-refractivity contribution >= 4 is 27.6 Å². The molecule has 104 valence electrons. The summed E-state index contributed by atoms with van der Waals surface area (Å²) < 4.78 is 3.43. The normalized spacial score (nSPS) is 11.5. The second kappa shape index (κ2) is 3.99. The smallest absolute Gasteiger partial charge is 0.331 e. The van der Waals surface area contributed by atoms with Crippen molar-refractivity contribution < 1.29 is 0 Å². The van der Waals surface area contributed by atoms with Crippen LogP contribution < -0.4 is 11.4 Å². The van der Waals surface area contributed by atoms with E-state index < -0.39 is 0 Å². The summed E-state index contributed by atoms with van der Waals surface area (Å²) in [6.07, 6.45) is 1.80. The van der Waals surface area contributed by atoms with Crippen molar-refractivity contribution in [2.24, 2.45) is 7.05 Å². The monoisotopic (exact) mass is 279 g/mol. The minimum absolute atomic E-state index is 0.183. The van der Waals surface area contributed by atoms with E-state index in [9.17, 15) is 4.79 Å². The average Bonchev–Trinajstić information content (AvgIpc) is 2.98. The molecule has 0 amide bonds. The fraction of sp³-hybridized carbons (Fsp3) is 0.0667. The summed E-state index contributed by atoms with van der Waals surface area (Å²) in [6.45, 7) is 0. The number of imidazole rings is 1. The van der Waals surface area contributed by atoms with Crippen LogP contribution in [0, 0.1) is 0 Å². The Morgan fingerprint density at radius 2 is 2.00 bits per heavy atom. The zero-order chi connectivity index (χ0) is 14.6. The summed E-state index contributed by atoms with van der Waals surface area (Å²) in [5, 5.41) is 5.26. The van der Waals surface area contributed by atoms with Crippen LogP contribution in [0.3, 0.4) is 0 Å². The summed E-state index contributed by atoms with van der Waals surface area (Å²) >= 11 is 0. The van der Waals surface area contributed by atoms with E-state index in [0.29, 0.717) is 5.69 Å². The zero-order valence-corrected chi connectivity index (χ0v) is 11.4. The highest BCUT2D eigenvalue weighted by atomic mass is 16.1. The highest BCUT2D eigenvalue weighted by molar-refractivity contribution is 5.84. The van der Waals surface area contributed by atoms with Gasteiger partial charge in [0, 0.05) is 18.1 Å². The third-order valence-corrected chi connectivity index (χ3v) is 3.70. The van der Waals surface area contributed by atoms with Gasteiger partial charge in [-0.1, -0.05) is 0 Å². The topological polar surface area (TPSA) is 81.6 Å². The largest absolute Gasteiger partial charge is 0.399 e. The molecule has 3 N–H and O–H groups in total. The van der Waals surface area contributed by atoms with Gasteiger partial charge in [-0.05, 0) is 36.4 Å². The number of benzene rings is 2. The van der Waals surface area contributed by atoms with Crippen molar-refractivity contribution in [2.75, 3.05) is 5.73 Å². The molecule has 2 aromatic carbocycles. The number of nitrogens with two attached hydrogens (primary N) is 1. The number of aryl methyl sites for hydroxylation is 1. The lowest BCUT2D eigenvalue weighted by molar-refractivity contribution is 0.796. The molecule has 0 aliphatic carbocycles. The summed E-state index contributed by atoms with van der Waals surface area (Å²) in [5.41, 5.74) is 9.50. The Bertz CT molecular complexity index is 1040. The molecule has 0 aliphatic heterocycles. The lowest BCUT2D eigenvalue weighted by Crippen LogP contribution is -2.14. The summed E-state index contributed by atoms with van der Waals surface area (Å²) in [6, 6.07) is 11.2. The van der Waals surface area contributed by atoms with Crippen LogP contribution >= 0.6 is 0 Å². The number of hydrogen-bond acceptors (Lipinski definition) is 3. The third kappa shape index (κ3) is 1.66. The predicted molar refractivity (Wildman–Crippen MR) is 82.6 cm³/mol. The number of aromatic nitrogens is 4. The van der Waals surface area contributed by atoms with Crippen molar-refractivity contribution in [1.29, 1.82) is 0 Å². The fourth-order valence-electron chi connectivity index (χ4n) is 2.66. The number of H-pyrrole nitrogens is 1. The van der Waals surface area contributed by atoms with E-state index in [1.54, 1.807) is 27.6 Å². The van der Waals surface area contributed by atoms with Crippen molar-refractivity contribution in [1.82, 2.24) is 19.3 Å². The molecule has 0 unspecified atom stereocenters. The van der Waals surface area contributed by atoms with E-state index in [1.165, 1.54) is 0 Å². The van der Waals surface area contributed by atoms with Gasteiger partial charge in [0.1, 0.15) is 0 Å². The first-order chi connectivity index (χ1) is 10.1. The Hall–Kier alpha value is -3.02. The summed E-state index contributed by atoms with van der Waals surface area (Å²) in [7, 11) is 1.88. The fourth-order valence-corrected chi connectivity index (χ4v) is 2.66. The first kappa shape index (κ1) is 11.8. The number of fused-ring (bicyclic) bond motifs is 2. The van der Waals surface area contributed by atoms with E-state index in [-0.39, 0.29) is 5.69 Å². The van der Waals surface area contributed by atoms with Gasteiger partial charge >= 0.3 is 5.69 Å². The molecule has 2 aromatic heterocycles. The second-order valence-corrected chi connectivity index (χ2v) is 5.05. The first-order valence-electron chi connectivity index (χ1n) is 6.56. The summed E-state index contributed by atoms with van der Waals surface area (Å²) in [4.78, 5) is 15.1. The van der Waals surface area contributed by atoms with Gasteiger partial charge in [-0.2, -0.15) is 5.10 Å². The highest BCUT2D eigenvalue weighted by Gasteiger charge is 2.10. The van der Waals surface area contributed by atoms with Gasteiger partial charge in [-0.3, -0.25) is 9.25 Å². The lowest BCUT2D eigenvalue weighted by atomic mass is 10.2. The number of anilines is 1. The Morgan fingerprint density at radius 3 is 2.86 bits per heavy atom. The van der Waals surface area contributed by atoms with E-state index in [4.69, 9.17) is 5.73 Å². The molecule has 4 aromatic rings. The van der Waals surface area contributed by atoms with Crippen LogP contribution in [0.4, 0.5) is 5.69 Å². The van der Waals surface area contributed by atoms with Crippen LogP contribution in [0.25, 0.3) is 27.6 Å². The van der Waals surface area contributed by atoms with E-state index in [0.717, 1.165) is 27.6 Å². The minimum Gasteiger partial charge on any atom is -0.399 e. The molecule has 4 rings (SSSR count). The number of rotatable bonds is 1. The second-order valence-electron chi connectivity index (χ2n) is 5.05. The number of hydrogen-bond donors (Lipinski definition) is 2. The number of nitrogens with zero attached hydrogens (tertiary/aromatic N) is 3. The van der Waals surface area contributed by atoms with Crippen LogP contribution in [0.5, 0.6) is 0 Å². The highest BCUT2D eigenvalue weighted by Crippen LogP contribution is 2.21. The van der Waals surface area contributed by atoms with Gasteiger partial charge < -0.3 is 10.7 Å². The quantitative estimate of drug-likeness (QED) is 0.521. The standard InChI is InChI=1S/C15H13N5O/c1-19-14-7-11(4-2-9(14)8-17-19)20-13-5-3-10(16)6-12(13)18-15(20)21/h2-8H,16H2,1H3,(H,18,21). The lowest BCUT2D eigenvalue weighted by Gasteiger charge is -2.04. The molecule has 0 radical (unpaired) electrons. The van der Waals surface area contributed by atoms with Gasteiger partial charge in [0.05, 0.1) is 28.4 Å². The Morgan fingerprint density at radius 1 is 1.14 bits per heavy atom. The van der Waals surface area contributed by atoms with E-state index >= 15 is 0 Å². The van der Waals surface area contributed by atoms with E-state index in [1.807, 2.05) is 31.3 Å². The predicted octanol–water partition coefficient (Wildman–Crippen LogP) is 1.79. The first-order valence-corrected chi connectivity index (χ1v) is 6.56. The van der Waals surface area contributed by atoms with Crippen molar-refractivity contribution in [3.63, 3.8) is 0 Å². The molecule has 0 saturated heterocycles. The molecule has 0 aliphatic rings. The molecule has 0 bridgehead atoms. The summed E-state index contributed by atoms with van der Waals surface area (Å²) in [5.74, 6) is 0. The molecule has 0 spiro atoms. The Balaban J connectivity index is 2.05. The van der Waals surface area contributed by atoms with Crippen LogP contribution in [0.1, 0.15) is 0 Å². The molecule has 0 saturated carbocycles. The number of aromatic amines is 1. The van der Waals surface area contributed by atoms with Gasteiger partial charge in [-0.15, -0.1) is 0 Å². The minimum atomic E-state index is -0.183. The third-order valence-electron chi connectivity index (χ3n) is 3.70. The van der Waals surface area contributed by atoms with Crippen LogP contribution in [-0.2, 0) is 7.05 Å². The van der Waals surface area contributed by atoms with Crippen molar-refractivity contribution in [2.45, 2.75) is 0 Å². The zero-order valence-electron chi connectivity index (χ0n) is 11.4. The van der Waals surface area contributed by atoms with Gasteiger partial charge in [0.2, 0.25) is 0 Å². The van der Waals surface area contributed by atoms with Gasteiger partial charge in [-0.25, -0.2) is 4.79 Å². The molecule has 21 heavy (non-hydrogen) atoms. The molecule has 6 heteroatoms. The molecule has 6 nitrogen and oxygen atoms in total. The van der Waals surface area contributed by atoms with Crippen molar-refractivity contribution in [3.8, 4) is 5.69 Å². The van der Waals surface area contributed by atoms with E-state index in [2.05, 4.69) is 10.1 Å². The molecule has 0 fully saturated rings. The van der Waals surface area contributed by atoms with Crippen LogP contribution in [0.15, 0.2) is 47.4 Å². The van der Waals surface area contributed by atoms with Crippen LogP contribution in [-0.4, -0.2) is 19.3 Å². The maximum Gasteiger partial charge on any atom is 0.331 e. The van der Waals surface area contributed by atoms with Gasteiger partial charge in [0.15, 0.2) is 0 Å². The maximum atomic E-state index is 12.3. The Labute approximate surface area is 119 Å². The SMILES string of the molecule is Cn1ncc2ccc(-n3c(=O)[nH]c4cc(N)ccc43)cc21. The number of nitrogen functional groups attached to an aromatic ring is 1. The van der Waals surface area contributed by atoms with Crippen molar-refractivity contribution in [3.05, 3.63) is 53.1 Å². The van der Waals surface area contributed by atoms with Crippen LogP contribution in [0.2, 0.25) is 0 Å². The molecular formula is C15H13N5O. The average molecular weight is 279 g/mol. The van der Waals surface area contributed by atoms with Gasteiger partial charge in [0.25, 0.3) is 0 Å². The molecule has 2 heterocycles. The number of nitrogens with one attached hydrogen (secondary N) is 1. The molecule has 0 atom stereocenters. The Kier molecular flexibility index (Phi) is 2.24. The molecular weight excluding hydrogens is 266 g/mol.